The maximum absolute atomic E-state index is 4.50. The van der Waals surface area contributed by atoms with Crippen LogP contribution in [0.1, 0.15) is 44.5 Å². The van der Waals surface area contributed by atoms with E-state index in [4.69, 9.17) is 0 Å². The van der Waals surface area contributed by atoms with Crippen molar-refractivity contribution in [2.75, 3.05) is 0 Å². The number of rotatable bonds is 4. The van der Waals surface area contributed by atoms with E-state index < -0.39 is 0 Å². The van der Waals surface area contributed by atoms with Gasteiger partial charge in [-0.15, -0.1) is 0 Å². The Morgan fingerprint density at radius 2 is 2.19 bits per heavy atom. The standard InChI is InChI=1S/C12H20BrN3/c1-4-9-11(13)10(16(3)15-9)8-14-12(2)6-5-7-12/h14H,4-8H2,1-3H3. The van der Waals surface area contributed by atoms with Crippen LogP contribution in [0.4, 0.5) is 0 Å². The third kappa shape index (κ3) is 2.18. The number of aryl methyl sites for hydroxylation is 2. The minimum Gasteiger partial charge on any atom is -0.306 e. The van der Waals surface area contributed by atoms with Crippen LogP contribution < -0.4 is 5.32 Å². The maximum Gasteiger partial charge on any atom is 0.0767 e. The average molecular weight is 286 g/mol. The Bertz CT molecular complexity index is 380. The van der Waals surface area contributed by atoms with Crippen LogP contribution in [0.2, 0.25) is 0 Å². The molecule has 1 N–H and O–H groups in total. The molecule has 1 heterocycles. The molecule has 90 valence electrons. The highest BCUT2D eigenvalue weighted by Crippen LogP contribution is 2.32. The quantitative estimate of drug-likeness (QED) is 0.922. The maximum atomic E-state index is 4.50. The van der Waals surface area contributed by atoms with Crippen LogP contribution in [-0.4, -0.2) is 15.3 Å². The summed E-state index contributed by atoms with van der Waals surface area (Å²) in [5.74, 6) is 0. The van der Waals surface area contributed by atoms with E-state index in [0.717, 1.165) is 18.7 Å². The van der Waals surface area contributed by atoms with Crippen molar-refractivity contribution in [1.29, 1.82) is 0 Å². The van der Waals surface area contributed by atoms with Crippen molar-refractivity contribution in [2.45, 2.75) is 51.6 Å². The van der Waals surface area contributed by atoms with Crippen molar-refractivity contribution < 1.29 is 0 Å². The summed E-state index contributed by atoms with van der Waals surface area (Å²) >= 11 is 3.65. The second kappa shape index (κ2) is 4.49. The van der Waals surface area contributed by atoms with Crippen LogP contribution >= 0.6 is 15.9 Å². The first kappa shape index (κ1) is 12.1. The van der Waals surface area contributed by atoms with Crippen LogP contribution in [0.3, 0.4) is 0 Å². The zero-order valence-corrected chi connectivity index (χ0v) is 11.9. The second-order valence-corrected chi connectivity index (χ2v) is 5.75. The summed E-state index contributed by atoms with van der Waals surface area (Å²) in [7, 11) is 2.02. The van der Waals surface area contributed by atoms with Gasteiger partial charge in [0.25, 0.3) is 0 Å². The summed E-state index contributed by atoms with van der Waals surface area (Å²) < 4.78 is 3.16. The van der Waals surface area contributed by atoms with Crippen molar-refractivity contribution in [1.82, 2.24) is 15.1 Å². The van der Waals surface area contributed by atoms with Crippen LogP contribution in [0, 0.1) is 0 Å². The van der Waals surface area contributed by atoms with E-state index in [0.29, 0.717) is 5.54 Å². The zero-order valence-electron chi connectivity index (χ0n) is 10.3. The molecule has 2 rings (SSSR count). The molecule has 1 aromatic rings. The van der Waals surface area contributed by atoms with E-state index in [9.17, 15) is 0 Å². The van der Waals surface area contributed by atoms with Gasteiger partial charge in [-0.2, -0.15) is 5.10 Å². The van der Waals surface area contributed by atoms with Gasteiger partial charge in [-0.25, -0.2) is 0 Å². The summed E-state index contributed by atoms with van der Waals surface area (Å²) in [6, 6.07) is 0. The van der Waals surface area contributed by atoms with Gasteiger partial charge < -0.3 is 5.32 Å². The number of hydrogen-bond donors (Lipinski definition) is 1. The number of hydrogen-bond acceptors (Lipinski definition) is 2. The molecule has 0 saturated heterocycles. The third-order valence-corrected chi connectivity index (χ3v) is 4.56. The Morgan fingerprint density at radius 1 is 1.50 bits per heavy atom. The smallest absolute Gasteiger partial charge is 0.0767 e. The van der Waals surface area contributed by atoms with Gasteiger partial charge in [-0.3, -0.25) is 4.68 Å². The van der Waals surface area contributed by atoms with Crippen molar-refractivity contribution in [3.8, 4) is 0 Å². The van der Waals surface area contributed by atoms with Crippen molar-refractivity contribution in [2.24, 2.45) is 7.05 Å². The lowest BCUT2D eigenvalue weighted by atomic mass is 9.78. The monoisotopic (exact) mass is 285 g/mol. The lowest BCUT2D eigenvalue weighted by Crippen LogP contribution is -2.47. The number of nitrogens with zero attached hydrogens (tertiary/aromatic N) is 2. The summed E-state index contributed by atoms with van der Waals surface area (Å²) in [5.41, 5.74) is 2.76. The van der Waals surface area contributed by atoms with E-state index in [1.165, 1.54) is 29.4 Å². The SMILES string of the molecule is CCc1nn(C)c(CNC2(C)CCC2)c1Br. The first-order valence-corrected chi connectivity index (χ1v) is 6.80. The van der Waals surface area contributed by atoms with E-state index in [1.54, 1.807) is 0 Å². The molecule has 4 heteroatoms. The van der Waals surface area contributed by atoms with Gasteiger partial charge in [0.2, 0.25) is 0 Å². The van der Waals surface area contributed by atoms with Crippen LogP contribution in [0.5, 0.6) is 0 Å². The molecule has 0 aromatic carbocycles. The third-order valence-electron chi connectivity index (χ3n) is 3.64. The number of nitrogens with one attached hydrogen (secondary N) is 1. The average Bonchev–Trinajstić information content (AvgIpc) is 2.49. The molecule has 16 heavy (non-hydrogen) atoms. The van der Waals surface area contributed by atoms with E-state index in [1.807, 2.05) is 11.7 Å². The minimum absolute atomic E-state index is 0.357. The van der Waals surface area contributed by atoms with Gasteiger partial charge in [-0.1, -0.05) is 6.92 Å². The Morgan fingerprint density at radius 3 is 2.62 bits per heavy atom. The van der Waals surface area contributed by atoms with Crippen LogP contribution in [0.15, 0.2) is 4.47 Å². The second-order valence-electron chi connectivity index (χ2n) is 4.95. The molecule has 1 aromatic heterocycles. The van der Waals surface area contributed by atoms with Gasteiger partial charge in [-0.05, 0) is 48.5 Å². The largest absolute Gasteiger partial charge is 0.306 e. The first-order valence-electron chi connectivity index (χ1n) is 6.01. The van der Waals surface area contributed by atoms with Crippen LogP contribution in [-0.2, 0) is 20.0 Å². The fourth-order valence-electron chi connectivity index (χ4n) is 2.19. The van der Waals surface area contributed by atoms with E-state index in [2.05, 4.69) is 40.2 Å². The van der Waals surface area contributed by atoms with Gasteiger partial charge >= 0.3 is 0 Å². The molecular formula is C12H20BrN3. The van der Waals surface area contributed by atoms with Crippen molar-refractivity contribution >= 4 is 15.9 Å². The number of aromatic nitrogens is 2. The molecule has 0 amide bonds. The Labute approximate surface area is 106 Å². The molecule has 0 bridgehead atoms. The van der Waals surface area contributed by atoms with Gasteiger partial charge in [0, 0.05) is 19.1 Å². The first-order chi connectivity index (χ1) is 7.56. The number of halogens is 1. The molecule has 1 fully saturated rings. The fourth-order valence-corrected chi connectivity index (χ4v) is 2.95. The minimum atomic E-state index is 0.357. The highest BCUT2D eigenvalue weighted by molar-refractivity contribution is 9.10. The lowest BCUT2D eigenvalue weighted by Gasteiger charge is -2.39. The fraction of sp³-hybridized carbons (Fsp3) is 0.750. The molecule has 0 spiro atoms. The Kier molecular flexibility index (Phi) is 3.40. The zero-order chi connectivity index (χ0) is 11.8. The predicted molar refractivity (Wildman–Crippen MR) is 69.4 cm³/mol. The molecule has 1 aliphatic carbocycles. The summed E-state index contributed by atoms with van der Waals surface area (Å²) in [4.78, 5) is 0. The van der Waals surface area contributed by atoms with E-state index >= 15 is 0 Å². The Balaban J connectivity index is 2.06. The molecule has 0 radical (unpaired) electrons. The molecular weight excluding hydrogens is 266 g/mol. The predicted octanol–water partition coefficient (Wildman–Crippen LogP) is 2.78. The van der Waals surface area contributed by atoms with E-state index in [-0.39, 0.29) is 0 Å². The summed E-state index contributed by atoms with van der Waals surface area (Å²) in [6.45, 7) is 5.35. The summed E-state index contributed by atoms with van der Waals surface area (Å²) in [5, 5.41) is 8.14. The molecule has 0 unspecified atom stereocenters. The molecule has 1 saturated carbocycles. The molecule has 0 aliphatic heterocycles. The van der Waals surface area contributed by atoms with Crippen molar-refractivity contribution in [3.05, 3.63) is 15.9 Å². The molecule has 0 atom stereocenters. The Hall–Kier alpha value is -0.350. The molecule has 1 aliphatic rings. The molecule has 3 nitrogen and oxygen atoms in total. The van der Waals surface area contributed by atoms with Gasteiger partial charge in [0.05, 0.1) is 15.9 Å². The van der Waals surface area contributed by atoms with Crippen LogP contribution in [0.25, 0.3) is 0 Å². The lowest BCUT2D eigenvalue weighted by molar-refractivity contribution is 0.205. The van der Waals surface area contributed by atoms with Gasteiger partial charge in [0.15, 0.2) is 0 Å². The normalized spacial score (nSPS) is 18.5. The van der Waals surface area contributed by atoms with Crippen molar-refractivity contribution in [3.63, 3.8) is 0 Å². The summed E-state index contributed by atoms with van der Waals surface area (Å²) in [6.07, 6.45) is 4.92. The topological polar surface area (TPSA) is 29.9 Å². The van der Waals surface area contributed by atoms with Gasteiger partial charge in [0.1, 0.15) is 0 Å². The highest BCUT2D eigenvalue weighted by Gasteiger charge is 2.31. The highest BCUT2D eigenvalue weighted by atomic mass is 79.9.